The number of ether oxygens (including phenoxy) is 1. The Morgan fingerprint density at radius 3 is 2.86 bits per heavy atom. The van der Waals surface area contributed by atoms with E-state index in [9.17, 15) is 4.79 Å². The Labute approximate surface area is 132 Å². The molecule has 1 aromatic heterocycles. The number of imidazole rings is 1. The fourth-order valence-electron chi connectivity index (χ4n) is 2.10. The van der Waals surface area contributed by atoms with Gasteiger partial charge in [-0.2, -0.15) is 0 Å². The molecule has 1 fully saturated rings. The molecule has 0 saturated heterocycles. The summed E-state index contributed by atoms with van der Waals surface area (Å²) >= 11 is 12.2. The maximum Gasteiger partial charge on any atom is 0.309 e. The Morgan fingerprint density at radius 1 is 1.43 bits per heavy atom. The maximum atomic E-state index is 12.0. The van der Waals surface area contributed by atoms with Crippen LogP contribution in [0.3, 0.4) is 0 Å². The van der Waals surface area contributed by atoms with Crippen molar-refractivity contribution in [1.29, 1.82) is 0 Å². The fraction of sp³-hybridized carbons (Fsp3) is 0.333. The molecule has 0 amide bonds. The van der Waals surface area contributed by atoms with E-state index in [1.165, 1.54) is 0 Å². The van der Waals surface area contributed by atoms with Gasteiger partial charge in [-0.3, -0.25) is 4.79 Å². The highest BCUT2D eigenvalue weighted by molar-refractivity contribution is 6.35. The van der Waals surface area contributed by atoms with Gasteiger partial charge in [0.05, 0.1) is 18.8 Å². The molecule has 110 valence electrons. The van der Waals surface area contributed by atoms with Gasteiger partial charge in [-0.05, 0) is 25.0 Å². The number of hydrogen-bond acceptors (Lipinski definition) is 3. The minimum atomic E-state index is -0.447. The largest absolute Gasteiger partial charge is 0.455 e. The Kier molecular flexibility index (Phi) is 4.17. The molecular formula is C15H14Cl2N2O2. The smallest absolute Gasteiger partial charge is 0.309 e. The summed E-state index contributed by atoms with van der Waals surface area (Å²) in [5.74, 6) is -0.118. The fourth-order valence-corrected chi connectivity index (χ4v) is 2.63. The molecule has 1 aliphatic carbocycles. The molecular weight excluding hydrogens is 311 g/mol. The summed E-state index contributed by atoms with van der Waals surface area (Å²) in [5.41, 5.74) is 0.753. The standard InChI is InChI=1S/C15H14Cl2N2O2/c16-11-3-4-12(13(17)7-11)14(8-19-6-5-18-9-19)21-15(20)10-1-2-10/h3-7,9-10,14H,1-2,8H2. The van der Waals surface area contributed by atoms with Crippen molar-refractivity contribution >= 4 is 29.2 Å². The van der Waals surface area contributed by atoms with Crippen LogP contribution in [0.1, 0.15) is 24.5 Å². The van der Waals surface area contributed by atoms with Gasteiger partial charge in [0.15, 0.2) is 0 Å². The first-order chi connectivity index (χ1) is 10.1. The van der Waals surface area contributed by atoms with Gasteiger partial charge >= 0.3 is 5.97 Å². The summed E-state index contributed by atoms with van der Waals surface area (Å²) in [7, 11) is 0. The van der Waals surface area contributed by atoms with Gasteiger partial charge < -0.3 is 9.30 Å². The third kappa shape index (κ3) is 3.57. The predicted octanol–water partition coefficient (Wildman–Crippen LogP) is 3.88. The lowest BCUT2D eigenvalue weighted by molar-refractivity contribution is -0.151. The monoisotopic (exact) mass is 324 g/mol. The first-order valence-corrected chi connectivity index (χ1v) is 7.50. The second-order valence-corrected chi connectivity index (χ2v) is 5.97. The van der Waals surface area contributed by atoms with Gasteiger partial charge in [-0.1, -0.05) is 29.3 Å². The Hall–Kier alpha value is -1.52. The summed E-state index contributed by atoms with van der Waals surface area (Å²) in [6.07, 6.45) is 6.56. The molecule has 0 bridgehead atoms. The van der Waals surface area contributed by atoms with Gasteiger partial charge in [0.2, 0.25) is 0 Å². The quantitative estimate of drug-likeness (QED) is 0.784. The number of rotatable bonds is 5. The average Bonchev–Trinajstić information content (AvgIpc) is 3.17. The molecule has 1 atom stereocenters. The molecule has 6 heteroatoms. The Balaban J connectivity index is 1.84. The van der Waals surface area contributed by atoms with E-state index in [1.54, 1.807) is 30.7 Å². The highest BCUT2D eigenvalue weighted by Gasteiger charge is 2.33. The number of hydrogen-bond donors (Lipinski definition) is 0. The van der Waals surface area contributed by atoms with Crippen molar-refractivity contribution in [2.45, 2.75) is 25.5 Å². The van der Waals surface area contributed by atoms with Crippen molar-refractivity contribution < 1.29 is 9.53 Å². The lowest BCUT2D eigenvalue weighted by atomic mass is 10.1. The Bertz CT molecular complexity index is 639. The van der Waals surface area contributed by atoms with Gasteiger partial charge in [-0.15, -0.1) is 0 Å². The van der Waals surface area contributed by atoms with Crippen molar-refractivity contribution in [2.24, 2.45) is 5.92 Å². The van der Waals surface area contributed by atoms with Crippen LogP contribution in [-0.4, -0.2) is 15.5 Å². The summed E-state index contributed by atoms with van der Waals surface area (Å²) in [4.78, 5) is 16.0. The zero-order chi connectivity index (χ0) is 14.8. The Morgan fingerprint density at radius 2 is 2.24 bits per heavy atom. The maximum absolute atomic E-state index is 12.0. The summed E-state index contributed by atoms with van der Waals surface area (Å²) in [6, 6.07) is 5.20. The zero-order valence-corrected chi connectivity index (χ0v) is 12.7. The second-order valence-electron chi connectivity index (χ2n) is 5.13. The number of halogens is 2. The molecule has 1 aromatic carbocycles. The van der Waals surface area contributed by atoms with Crippen molar-refractivity contribution in [2.75, 3.05) is 0 Å². The van der Waals surface area contributed by atoms with E-state index >= 15 is 0 Å². The van der Waals surface area contributed by atoms with E-state index < -0.39 is 6.10 Å². The van der Waals surface area contributed by atoms with Crippen LogP contribution in [-0.2, 0) is 16.1 Å². The molecule has 1 aliphatic rings. The molecule has 1 unspecified atom stereocenters. The number of carbonyl (C=O) groups excluding carboxylic acids is 1. The van der Waals surface area contributed by atoms with Crippen LogP contribution in [0.5, 0.6) is 0 Å². The molecule has 0 N–H and O–H groups in total. The summed E-state index contributed by atoms with van der Waals surface area (Å²) in [5, 5.41) is 1.05. The van der Waals surface area contributed by atoms with Gasteiger partial charge in [-0.25, -0.2) is 4.98 Å². The van der Waals surface area contributed by atoms with Crippen LogP contribution < -0.4 is 0 Å². The van der Waals surface area contributed by atoms with Crippen LogP contribution in [0.2, 0.25) is 10.0 Å². The lowest BCUT2D eigenvalue weighted by Crippen LogP contribution is -2.17. The predicted molar refractivity (Wildman–Crippen MR) is 80.2 cm³/mol. The van der Waals surface area contributed by atoms with E-state index in [2.05, 4.69) is 4.98 Å². The van der Waals surface area contributed by atoms with E-state index in [4.69, 9.17) is 27.9 Å². The number of aromatic nitrogens is 2. The van der Waals surface area contributed by atoms with Gasteiger partial charge in [0, 0.05) is 28.0 Å². The molecule has 0 aliphatic heterocycles. The van der Waals surface area contributed by atoms with E-state index in [0.29, 0.717) is 16.6 Å². The highest BCUT2D eigenvalue weighted by atomic mass is 35.5. The first-order valence-electron chi connectivity index (χ1n) is 6.74. The van der Waals surface area contributed by atoms with E-state index in [0.717, 1.165) is 18.4 Å². The molecule has 21 heavy (non-hydrogen) atoms. The molecule has 0 spiro atoms. The SMILES string of the molecule is O=C(OC(Cn1ccnc1)c1ccc(Cl)cc1Cl)C1CC1. The van der Waals surface area contributed by atoms with Crippen LogP contribution >= 0.6 is 23.2 Å². The van der Waals surface area contributed by atoms with Crippen LogP contribution in [0, 0.1) is 5.92 Å². The number of carbonyl (C=O) groups is 1. The molecule has 1 saturated carbocycles. The van der Waals surface area contributed by atoms with Crippen molar-refractivity contribution in [3.8, 4) is 0 Å². The third-order valence-corrected chi connectivity index (χ3v) is 3.98. The van der Waals surface area contributed by atoms with Crippen molar-refractivity contribution in [3.05, 3.63) is 52.5 Å². The molecule has 0 radical (unpaired) electrons. The number of benzene rings is 1. The zero-order valence-electron chi connectivity index (χ0n) is 11.2. The van der Waals surface area contributed by atoms with E-state index in [-0.39, 0.29) is 11.9 Å². The van der Waals surface area contributed by atoms with Crippen molar-refractivity contribution in [1.82, 2.24) is 9.55 Å². The van der Waals surface area contributed by atoms with Gasteiger partial charge in [0.25, 0.3) is 0 Å². The minimum Gasteiger partial charge on any atom is -0.455 e. The molecule has 1 heterocycles. The third-order valence-electron chi connectivity index (χ3n) is 3.41. The second kappa shape index (κ2) is 6.08. The summed E-state index contributed by atoms with van der Waals surface area (Å²) in [6.45, 7) is 0.472. The number of nitrogens with zero attached hydrogens (tertiary/aromatic N) is 2. The highest BCUT2D eigenvalue weighted by Crippen LogP contribution is 2.35. The molecule has 2 aromatic rings. The average molecular weight is 325 g/mol. The molecule has 3 rings (SSSR count). The topological polar surface area (TPSA) is 44.1 Å². The number of esters is 1. The summed E-state index contributed by atoms with van der Waals surface area (Å²) < 4.78 is 7.50. The van der Waals surface area contributed by atoms with Crippen LogP contribution in [0.15, 0.2) is 36.9 Å². The van der Waals surface area contributed by atoms with E-state index in [1.807, 2.05) is 10.8 Å². The normalized spacial score (nSPS) is 15.7. The van der Waals surface area contributed by atoms with Crippen molar-refractivity contribution in [3.63, 3.8) is 0 Å². The first kappa shape index (κ1) is 14.4. The molecule has 4 nitrogen and oxygen atoms in total. The lowest BCUT2D eigenvalue weighted by Gasteiger charge is -2.20. The minimum absolute atomic E-state index is 0.0429. The van der Waals surface area contributed by atoms with Gasteiger partial charge in [0.1, 0.15) is 6.10 Å². The van der Waals surface area contributed by atoms with Crippen LogP contribution in [0.25, 0.3) is 0 Å². The van der Waals surface area contributed by atoms with Crippen LogP contribution in [0.4, 0.5) is 0 Å².